The second-order valence-corrected chi connectivity index (χ2v) is 9.56. The van der Waals surface area contributed by atoms with Gasteiger partial charge in [-0.15, -0.1) is 17.5 Å². The van der Waals surface area contributed by atoms with Crippen molar-refractivity contribution in [2.45, 2.75) is 40.5 Å². The van der Waals surface area contributed by atoms with Crippen LogP contribution in [0.25, 0.3) is 38.5 Å². The molecule has 6 rings (SSSR count). The van der Waals surface area contributed by atoms with Gasteiger partial charge in [0, 0.05) is 50.0 Å². The summed E-state index contributed by atoms with van der Waals surface area (Å²) in [6.45, 7) is 8.27. The largest absolute Gasteiger partial charge is 0.506 e. The number of pyridine rings is 2. The summed E-state index contributed by atoms with van der Waals surface area (Å²) in [6.07, 6.45) is 3.77. The van der Waals surface area contributed by atoms with Crippen LogP contribution in [0.15, 0.2) is 66.9 Å². The number of rotatable bonds is 5. The number of phenols is 1. The maximum absolute atomic E-state index is 10.5. The van der Waals surface area contributed by atoms with Gasteiger partial charge in [0.25, 0.3) is 0 Å². The smallest absolute Gasteiger partial charge is 0.217 e. The van der Waals surface area contributed by atoms with E-state index in [0.29, 0.717) is 17.1 Å². The number of aromatic hydroxyl groups is 1. The minimum Gasteiger partial charge on any atom is -0.506 e. The van der Waals surface area contributed by atoms with Gasteiger partial charge >= 0.3 is 0 Å². The van der Waals surface area contributed by atoms with Crippen molar-refractivity contribution in [1.29, 1.82) is 0 Å². The molecular weight excluding hydrogens is 653 g/mol. The normalized spacial score (nSPS) is 11.3. The number of benzene rings is 3. The average molecular weight is 682 g/mol. The standard InChI is InChI=1S/C32H28N3O2.Pt/c1-5-21-7-10-27-26(16-21)24-9-8-23(18-28(24)35(27)30-17-22(6-2)11-12-33-30)37-31-15-20(4)25-13-19(3)14-29(36)32(25)34-31;/h7-17,36H,5-6H2,1-4H3;/q-1;. The average Bonchev–Trinajstić information content (AvgIpc) is 3.22. The summed E-state index contributed by atoms with van der Waals surface area (Å²) in [7, 11) is 0. The third-order valence-electron chi connectivity index (χ3n) is 7.00. The van der Waals surface area contributed by atoms with Crippen LogP contribution in [0.4, 0.5) is 0 Å². The third kappa shape index (κ3) is 4.46. The predicted molar refractivity (Wildman–Crippen MR) is 149 cm³/mol. The Morgan fingerprint density at radius 1 is 0.868 bits per heavy atom. The molecule has 0 spiro atoms. The Morgan fingerprint density at radius 2 is 1.66 bits per heavy atom. The minimum atomic E-state index is 0. The van der Waals surface area contributed by atoms with Gasteiger partial charge in [-0.2, -0.15) is 6.07 Å². The summed E-state index contributed by atoms with van der Waals surface area (Å²) in [5.74, 6) is 1.98. The van der Waals surface area contributed by atoms with Gasteiger partial charge in [0.2, 0.25) is 5.88 Å². The van der Waals surface area contributed by atoms with Crippen molar-refractivity contribution in [3.63, 3.8) is 0 Å². The van der Waals surface area contributed by atoms with Crippen LogP contribution in [0.5, 0.6) is 17.4 Å². The van der Waals surface area contributed by atoms with Crippen LogP contribution in [-0.2, 0) is 33.9 Å². The third-order valence-corrected chi connectivity index (χ3v) is 7.00. The number of ether oxygens (including phenoxy) is 1. The molecule has 1 N–H and O–H groups in total. The van der Waals surface area contributed by atoms with Crippen LogP contribution in [0.1, 0.15) is 36.1 Å². The van der Waals surface area contributed by atoms with E-state index in [1.807, 2.05) is 38.2 Å². The first-order valence-electron chi connectivity index (χ1n) is 12.7. The van der Waals surface area contributed by atoms with E-state index in [0.717, 1.165) is 51.6 Å². The molecular formula is C32H28N3O2Pt-. The zero-order chi connectivity index (χ0) is 25.7. The Hall–Kier alpha value is -3.69. The van der Waals surface area contributed by atoms with Gasteiger partial charge in [0.1, 0.15) is 17.1 Å². The van der Waals surface area contributed by atoms with E-state index in [2.05, 4.69) is 65.9 Å². The number of hydrogen-bond donors (Lipinski definition) is 1. The second-order valence-electron chi connectivity index (χ2n) is 9.56. The van der Waals surface area contributed by atoms with Crippen LogP contribution in [0.3, 0.4) is 0 Å². The Balaban J connectivity index is 0.00000294. The molecule has 0 fully saturated rings. The van der Waals surface area contributed by atoms with E-state index in [4.69, 9.17) is 9.72 Å². The molecule has 0 unspecified atom stereocenters. The second kappa shape index (κ2) is 10.2. The molecule has 0 saturated heterocycles. The number of nitrogens with zero attached hydrogens (tertiary/aromatic N) is 3. The first-order chi connectivity index (χ1) is 17.9. The van der Waals surface area contributed by atoms with Crippen LogP contribution >= 0.6 is 0 Å². The topological polar surface area (TPSA) is 60.2 Å². The maximum Gasteiger partial charge on any atom is 0.217 e. The quantitative estimate of drug-likeness (QED) is 0.189. The number of hydrogen-bond acceptors (Lipinski definition) is 4. The molecule has 3 aromatic heterocycles. The van der Waals surface area contributed by atoms with Gasteiger partial charge in [0.15, 0.2) is 0 Å². The fourth-order valence-corrected chi connectivity index (χ4v) is 5.04. The van der Waals surface area contributed by atoms with Gasteiger partial charge in [-0.1, -0.05) is 31.5 Å². The van der Waals surface area contributed by atoms with Crippen molar-refractivity contribution >= 4 is 32.7 Å². The molecule has 0 amide bonds. The molecule has 6 heteroatoms. The molecule has 3 heterocycles. The summed E-state index contributed by atoms with van der Waals surface area (Å²) in [5, 5.41) is 13.7. The summed E-state index contributed by atoms with van der Waals surface area (Å²) in [6, 6.07) is 23.9. The summed E-state index contributed by atoms with van der Waals surface area (Å²) in [4.78, 5) is 9.32. The van der Waals surface area contributed by atoms with Gasteiger partial charge in [-0.3, -0.25) is 0 Å². The monoisotopic (exact) mass is 681 g/mol. The molecule has 0 aliphatic rings. The zero-order valence-corrected chi connectivity index (χ0v) is 24.1. The van der Waals surface area contributed by atoms with Gasteiger partial charge in [0.05, 0.1) is 0 Å². The fraction of sp³-hybridized carbons (Fsp3) is 0.188. The maximum atomic E-state index is 10.5. The van der Waals surface area contributed by atoms with E-state index in [1.54, 1.807) is 6.07 Å². The molecule has 6 aromatic rings. The molecule has 0 bridgehead atoms. The van der Waals surface area contributed by atoms with E-state index < -0.39 is 0 Å². The molecule has 0 aliphatic heterocycles. The minimum absolute atomic E-state index is 0. The van der Waals surface area contributed by atoms with Crippen LogP contribution in [-0.4, -0.2) is 19.6 Å². The van der Waals surface area contributed by atoms with E-state index in [-0.39, 0.29) is 26.8 Å². The SMILES string of the molecule is CCc1ccnc(-n2c3[c-]c(Oc4cc(C)c5cc(C)cc(O)c5n4)ccc3c3cc(CC)ccc32)c1.[Pt]. The Kier molecular flexibility index (Phi) is 6.98. The number of aryl methyl sites for hydroxylation is 4. The van der Waals surface area contributed by atoms with Crippen molar-refractivity contribution in [3.8, 4) is 23.2 Å². The predicted octanol–water partition coefficient (Wildman–Crippen LogP) is 7.76. The van der Waals surface area contributed by atoms with E-state index >= 15 is 0 Å². The van der Waals surface area contributed by atoms with Crippen molar-refractivity contribution in [2.75, 3.05) is 0 Å². The zero-order valence-electron chi connectivity index (χ0n) is 21.8. The van der Waals surface area contributed by atoms with Crippen LogP contribution in [0.2, 0.25) is 0 Å². The molecule has 0 saturated carbocycles. The number of phenolic OH excluding ortho intramolecular Hbond substituents is 1. The number of aromatic nitrogens is 3. The Labute approximate surface area is 236 Å². The summed E-state index contributed by atoms with van der Waals surface area (Å²) in [5.41, 5.74) is 7.00. The van der Waals surface area contributed by atoms with Crippen molar-refractivity contribution < 1.29 is 30.9 Å². The van der Waals surface area contributed by atoms with Crippen molar-refractivity contribution in [3.05, 3.63) is 95.2 Å². The van der Waals surface area contributed by atoms with Crippen LogP contribution < -0.4 is 4.74 Å². The van der Waals surface area contributed by atoms with Gasteiger partial charge in [-0.25, -0.2) is 9.97 Å². The molecule has 3 aromatic carbocycles. The molecule has 0 aliphatic carbocycles. The molecule has 0 atom stereocenters. The Morgan fingerprint density at radius 3 is 2.45 bits per heavy atom. The van der Waals surface area contributed by atoms with Crippen molar-refractivity contribution in [2.24, 2.45) is 0 Å². The summed E-state index contributed by atoms with van der Waals surface area (Å²) < 4.78 is 8.38. The van der Waals surface area contributed by atoms with Gasteiger partial charge < -0.3 is 14.4 Å². The van der Waals surface area contributed by atoms with Crippen molar-refractivity contribution in [1.82, 2.24) is 14.5 Å². The first-order valence-corrected chi connectivity index (χ1v) is 12.7. The summed E-state index contributed by atoms with van der Waals surface area (Å²) >= 11 is 0. The molecule has 38 heavy (non-hydrogen) atoms. The van der Waals surface area contributed by atoms with E-state index in [1.165, 1.54) is 16.5 Å². The fourth-order valence-electron chi connectivity index (χ4n) is 5.04. The molecule has 5 nitrogen and oxygen atoms in total. The van der Waals surface area contributed by atoms with E-state index in [9.17, 15) is 5.11 Å². The molecule has 194 valence electrons. The first kappa shape index (κ1) is 25.9. The van der Waals surface area contributed by atoms with Crippen LogP contribution in [0, 0.1) is 19.9 Å². The number of fused-ring (bicyclic) bond motifs is 4. The Bertz CT molecular complexity index is 1820. The molecule has 0 radical (unpaired) electrons. The van der Waals surface area contributed by atoms with Gasteiger partial charge in [-0.05, 0) is 84.7 Å².